The molecule has 136 valence electrons. The highest BCUT2D eigenvalue weighted by atomic mass is 32.2. The second-order valence-electron chi connectivity index (χ2n) is 5.85. The summed E-state index contributed by atoms with van der Waals surface area (Å²) in [4.78, 5) is 0.0829. The Morgan fingerprint density at radius 2 is 1.69 bits per heavy atom. The number of halogens is 3. The van der Waals surface area contributed by atoms with Crippen molar-refractivity contribution in [2.75, 3.05) is 6.26 Å². The molecule has 2 aromatic carbocycles. The fourth-order valence-corrected chi connectivity index (χ4v) is 3.38. The van der Waals surface area contributed by atoms with Crippen LogP contribution in [0.4, 0.5) is 13.2 Å². The predicted octanol–water partition coefficient (Wildman–Crippen LogP) is 4.74. The van der Waals surface area contributed by atoms with Gasteiger partial charge in [0.1, 0.15) is 5.69 Å². The van der Waals surface area contributed by atoms with E-state index in [2.05, 4.69) is 9.68 Å². The van der Waals surface area contributed by atoms with E-state index in [1.807, 2.05) is 0 Å². The van der Waals surface area contributed by atoms with Gasteiger partial charge < -0.3 is 4.52 Å². The van der Waals surface area contributed by atoms with Gasteiger partial charge in [-0.1, -0.05) is 41.6 Å². The Hall–Kier alpha value is -2.61. The first-order valence-electron chi connectivity index (χ1n) is 7.52. The van der Waals surface area contributed by atoms with E-state index < -0.39 is 21.8 Å². The number of benzene rings is 2. The van der Waals surface area contributed by atoms with Crippen LogP contribution in [-0.4, -0.2) is 19.8 Å². The van der Waals surface area contributed by atoms with E-state index in [0.717, 1.165) is 6.26 Å². The van der Waals surface area contributed by atoms with Crippen molar-refractivity contribution < 1.29 is 26.1 Å². The van der Waals surface area contributed by atoms with Crippen LogP contribution in [0.3, 0.4) is 0 Å². The zero-order valence-corrected chi connectivity index (χ0v) is 14.6. The Kier molecular flexibility index (Phi) is 4.39. The van der Waals surface area contributed by atoms with Gasteiger partial charge in [-0.3, -0.25) is 0 Å². The number of sulfone groups is 1. The Bertz CT molecular complexity index is 1060. The van der Waals surface area contributed by atoms with Gasteiger partial charge in [-0.15, -0.1) is 0 Å². The molecule has 0 aliphatic carbocycles. The first-order chi connectivity index (χ1) is 12.1. The molecule has 26 heavy (non-hydrogen) atoms. The fraction of sp³-hybridized carbons (Fsp3) is 0.167. The van der Waals surface area contributed by atoms with Gasteiger partial charge in [0.2, 0.25) is 5.76 Å². The monoisotopic (exact) mass is 381 g/mol. The first-order valence-corrected chi connectivity index (χ1v) is 9.41. The van der Waals surface area contributed by atoms with Crippen LogP contribution in [0.2, 0.25) is 0 Å². The van der Waals surface area contributed by atoms with Gasteiger partial charge in [-0.05, 0) is 30.2 Å². The Morgan fingerprint density at radius 1 is 1.04 bits per heavy atom. The van der Waals surface area contributed by atoms with Gasteiger partial charge in [-0.25, -0.2) is 8.42 Å². The molecule has 0 bridgehead atoms. The maximum Gasteiger partial charge on any atom is 0.453 e. The topological polar surface area (TPSA) is 60.2 Å². The van der Waals surface area contributed by atoms with Crippen LogP contribution in [0.25, 0.3) is 22.4 Å². The van der Waals surface area contributed by atoms with Crippen molar-refractivity contribution in [1.29, 1.82) is 0 Å². The van der Waals surface area contributed by atoms with Crippen LogP contribution in [0.5, 0.6) is 0 Å². The summed E-state index contributed by atoms with van der Waals surface area (Å²) in [6.45, 7) is 1.61. The SMILES string of the molecule is Cc1cc(S(C)(=O)=O)ccc1-c1noc(C(F)(F)F)c1-c1ccccc1. The zero-order chi connectivity index (χ0) is 19.1. The molecule has 0 saturated carbocycles. The van der Waals surface area contributed by atoms with Gasteiger partial charge in [0.25, 0.3) is 0 Å². The summed E-state index contributed by atoms with van der Waals surface area (Å²) in [5, 5.41) is 3.64. The molecule has 0 saturated heterocycles. The summed E-state index contributed by atoms with van der Waals surface area (Å²) < 4.78 is 68.1. The molecule has 0 unspecified atom stereocenters. The third-order valence-electron chi connectivity index (χ3n) is 3.89. The van der Waals surface area contributed by atoms with Crippen LogP contribution >= 0.6 is 0 Å². The minimum Gasteiger partial charge on any atom is -0.350 e. The third-order valence-corrected chi connectivity index (χ3v) is 5.00. The molecule has 3 aromatic rings. The zero-order valence-electron chi connectivity index (χ0n) is 13.8. The lowest BCUT2D eigenvalue weighted by Crippen LogP contribution is -2.05. The standard InChI is InChI=1S/C18H14F3NO3S/c1-11-10-13(26(2,23)24)8-9-14(11)16-15(12-6-4-3-5-7-12)17(25-22-16)18(19,20)21/h3-10H,1-2H3. The highest BCUT2D eigenvalue weighted by Crippen LogP contribution is 2.43. The van der Waals surface area contributed by atoms with Crippen molar-refractivity contribution >= 4 is 9.84 Å². The average Bonchev–Trinajstić information content (AvgIpc) is 2.99. The summed E-state index contributed by atoms with van der Waals surface area (Å²) in [5.74, 6) is -1.19. The summed E-state index contributed by atoms with van der Waals surface area (Å²) in [6, 6.07) is 12.2. The lowest BCUT2D eigenvalue weighted by atomic mass is 9.96. The molecular formula is C18H14F3NO3S. The summed E-state index contributed by atoms with van der Waals surface area (Å²) in [7, 11) is -3.43. The Labute approximate surface area is 148 Å². The largest absolute Gasteiger partial charge is 0.453 e. The molecule has 4 nitrogen and oxygen atoms in total. The van der Waals surface area contributed by atoms with Gasteiger partial charge in [0.05, 0.1) is 10.5 Å². The Balaban J connectivity index is 2.26. The molecule has 0 aliphatic rings. The first kappa shape index (κ1) is 18.2. The number of hydrogen-bond donors (Lipinski definition) is 0. The smallest absolute Gasteiger partial charge is 0.350 e. The van der Waals surface area contributed by atoms with Crippen LogP contribution in [-0.2, 0) is 16.0 Å². The number of nitrogens with zero attached hydrogens (tertiary/aromatic N) is 1. The van der Waals surface area contributed by atoms with Gasteiger partial charge >= 0.3 is 6.18 Å². The quantitative estimate of drug-likeness (QED) is 0.658. The minimum atomic E-state index is -4.71. The number of rotatable bonds is 3. The molecular weight excluding hydrogens is 367 g/mol. The minimum absolute atomic E-state index is 0.0149. The van der Waals surface area contributed by atoms with Crippen LogP contribution in [0.15, 0.2) is 57.9 Å². The van der Waals surface area contributed by atoms with Gasteiger partial charge in [0.15, 0.2) is 9.84 Å². The number of aromatic nitrogens is 1. The molecule has 1 aromatic heterocycles. The number of aryl methyl sites for hydroxylation is 1. The van der Waals surface area contributed by atoms with Crippen LogP contribution in [0.1, 0.15) is 11.3 Å². The normalized spacial score (nSPS) is 12.3. The molecule has 3 rings (SSSR count). The van der Waals surface area contributed by atoms with Crippen molar-refractivity contribution in [3.8, 4) is 22.4 Å². The number of hydrogen-bond acceptors (Lipinski definition) is 4. The molecule has 1 heterocycles. The van der Waals surface area contributed by atoms with E-state index in [1.165, 1.54) is 30.3 Å². The van der Waals surface area contributed by atoms with Gasteiger partial charge in [0, 0.05) is 11.8 Å². The van der Waals surface area contributed by atoms with Crippen molar-refractivity contribution in [3.05, 3.63) is 59.9 Å². The highest BCUT2D eigenvalue weighted by molar-refractivity contribution is 7.90. The van der Waals surface area contributed by atoms with E-state index >= 15 is 0 Å². The molecule has 0 atom stereocenters. The lowest BCUT2D eigenvalue weighted by Gasteiger charge is -2.09. The van der Waals surface area contributed by atoms with Crippen molar-refractivity contribution in [1.82, 2.24) is 5.16 Å². The van der Waals surface area contributed by atoms with E-state index in [-0.39, 0.29) is 16.2 Å². The molecule has 0 aliphatic heterocycles. The van der Waals surface area contributed by atoms with E-state index in [1.54, 1.807) is 25.1 Å². The van der Waals surface area contributed by atoms with Crippen molar-refractivity contribution in [2.24, 2.45) is 0 Å². The average molecular weight is 381 g/mol. The van der Waals surface area contributed by atoms with Crippen LogP contribution in [0, 0.1) is 6.92 Å². The van der Waals surface area contributed by atoms with Crippen molar-refractivity contribution in [3.63, 3.8) is 0 Å². The van der Waals surface area contributed by atoms with E-state index in [4.69, 9.17) is 0 Å². The summed E-state index contributed by atoms with van der Waals surface area (Å²) >= 11 is 0. The Morgan fingerprint density at radius 3 is 2.23 bits per heavy atom. The van der Waals surface area contributed by atoms with Gasteiger partial charge in [-0.2, -0.15) is 13.2 Å². The number of alkyl halides is 3. The third kappa shape index (κ3) is 3.37. The van der Waals surface area contributed by atoms with E-state index in [9.17, 15) is 21.6 Å². The molecule has 0 amide bonds. The molecule has 0 spiro atoms. The predicted molar refractivity (Wildman–Crippen MR) is 90.2 cm³/mol. The molecule has 8 heteroatoms. The molecule has 0 fully saturated rings. The second kappa shape index (κ2) is 6.28. The second-order valence-corrected chi connectivity index (χ2v) is 7.86. The van der Waals surface area contributed by atoms with Crippen LogP contribution < -0.4 is 0 Å². The fourth-order valence-electron chi connectivity index (χ4n) is 2.67. The highest BCUT2D eigenvalue weighted by Gasteiger charge is 2.41. The molecule has 0 N–H and O–H groups in total. The maximum atomic E-state index is 13.4. The summed E-state index contributed by atoms with van der Waals surface area (Å²) in [6.07, 6.45) is -3.65. The maximum absolute atomic E-state index is 13.4. The van der Waals surface area contributed by atoms with Crippen molar-refractivity contribution in [2.45, 2.75) is 18.0 Å². The summed E-state index contributed by atoms with van der Waals surface area (Å²) in [5.41, 5.74) is 1.000. The van der Waals surface area contributed by atoms with E-state index in [0.29, 0.717) is 16.7 Å². The molecule has 0 radical (unpaired) electrons. The lowest BCUT2D eigenvalue weighted by molar-refractivity contribution is -0.154.